The van der Waals surface area contributed by atoms with Crippen molar-refractivity contribution in [1.82, 2.24) is 0 Å². The Labute approximate surface area is 155 Å². The molecule has 1 aromatic carbocycles. The molecule has 0 heterocycles. The summed E-state index contributed by atoms with van der Waals surface area (Å²) in [5.41, 5.74) is 5.72. The maximum Gasteiger partial charge on any atom is 0.0395 e. The summed E-state index contributed by atoms with van der Waals surface area (Å²) in [5, 5.41) is 7.79. The molecule has 0 unspecified atom stereocenters. The van der Waals surface area contributed by atoms with E-state index in [0.29, 0.717) is 12.1 Å². The van der Waals surface area contributed by atoms with Gasteiger partial charge in [-0.05, 0) is 62.6 Å². The van der Waals surface area contributed by atoms with Crippen LogP contribution in [0.2, 0.25) is 0 Å². The number of rotatable bonds is 7. The molecule has 140 valence electrons. The van der Waals surface area contributed by atoms with Gasteiger partial charge in [-0.3, -0.25) is 0 Å². The van der Waals surface area contributed by atoms with Gasteiger partial charge < -0.3 is 10.6 Å². The van der Waals surface area contributed by atoms with Crippen LogP contribution in [0.5, 0.6) is 0 Å². The molecule has 0 saturated heterocycles. The van der Waals surface area contributed by atoms with Crippen molar-refractivity contribution in [3.05, 3.63) is 23.3 Å². The number of unbranched alkanes of at least 4 members (excludes halogenated alkanes) is 1. The minimum Gasteiger partial charge on any atom is -0.382 e. The Morgan fingerprint density at radius 2 is 1.36 bits per heavy atom. The van der Waals surface area contributed by atoms with E-state index in [1.54, 1.807) is 0 Å². The first-order valence-corrected chi connectivity index (χ1v) is 10.9. The van der Waals surface area contributed by atoms with Gasteiger partial charge in [-0.2, -0.15) is 0 Å². The molecule has 2 aliphatic carbocycles. The molecule has 25 heavy (non-hydrogen) atoms. The highest BCUT2D eigenvalue weighted by molar-refractivity contribution is 5.66. The lowest BCUT2D eigenvalue weighted by Gasteiger charge is -2.28. The molecule has 0 bridgehead atoms. The number of hydrogen-bond donors (Lipinski definition) is 2. The van der Waals surface area contributed by atoms with Crippen LogP contribution in [0.25, 0.3) is 0 Å². The van der Waals surface area contributed by atoms with Crippen LogP contribution in [-0.4, -0.2) is 12.1 Å². The zero-order valence-electron chi connectivity index (χ0n) is 16.5. The number of aryl methyl sites for hydroxylation is 2. The van der Waals surface area contributed by atoms with Crippen molar-refractivity contribution in [3.63, 3.8) is 0 Å². The highest BCUT2D eigenvalue weighted by Crippen LogP contribution is 2.31. The summed E-state index contributed by atoms with van der Waals surface area (Å²) >= 11 is 0. The lowest BCUT2D eigenvalue weighted by Crippen LogP contribution is -2.24. The van der Waals surface area contributed by atoms with Crippen LogP contribution in [0, 0.1) is 6.92 Å². The SMILES string of the molecule is CCCCc1cc(C)c(NC2CCCCC2)cc1NC1CCCCC1. The van der Waals surface area contributed by atoms with Gasteiger partial charge in [-0.1, -0.05) is 57.9 Å². The summed E-state index contributed by atoms with van der Waals surface area (Å²) in [5.74, 6) is 0. The topological polar surface area (TPSA) is 24.1 Å². The normalized spacial score (nSPS) is 19.8. The quantitative estimate of drug-likeness (QED) is 0.567. The Morgan fingerprint density at radius 1 is 0.800 bits per heavy atom. The largest absolute Gasteiger partial charge is 0.382 e. The third kappa shape index (κ3) is 5.39. The molecule has 0 atom stereocenters. The third-order valence-electron chi connectivity index (χ3n) is 6.18. The van der Waals surface area contributed by atoms with E-state index in [1.165, 1.54) is 106 Å². The van der Waals surface area contributed by atoms with Crippen LogP contribution in [0.1, 0.15) is 95.1 Å². The smallest absolute Gasteiger partial charge is 0.0395 e. The first-order chi connectivity index (χ1) is 12.3. The van der Waals surface area contributed by atoms with Crippen LogP contribution in [0.15, 0.2) is 12.1 Å². The van der Waals surface area contributed by atoms with Gasteiger partial charge in [0.05, 0.1) is 0 Å². The summed E-state index contributed by atoms with van der Waals surface area (Å²) in [6.07, 6.45) is 17.5. The number of anilines is 2. The van der Waals surface area contributed by atoms with E-state index in [2.05, 4.69) is 36.6 Å². The zero-order valence-corrected chi connectivity index (χ0v) is 16.5. The molecule has 0 aromatic heterocycles. The molecule has 2 nitrogen and oxygen atoms in total. The van der Waals surface area contributed by atoms with Gasteiger partial charge in [0.2, 0.25) is 0 Å². The third-order valence-corrected chi connectivity index (χ3v) is 6.18. The molecular formula is C23H38N2. The molecule has 0 amide bonds. The van der Waals surface area contributed by atoms with Gasteiger partial charge in [-0.15, -0.1) is 0 Å². The van der Waals surface area contributed by atoms with Gasteiger partial charge in [0.1, 0.15) is 0 Å². The Kier molecular flexibility index (Phi) is 7.07. The molecular weight excluding hydrogens is 304 g/mol. The summed E-state index contributed by atoms with van der Waals surface area (Å²) in [7, 11) is 0. The van der Waals surface area contributed by atoms with Crippen LogP contribution in [0.3, 0.4) is 0 Å². The maximum atomic E-state index is 3.92. The summed E-state index contributed by atoms with van der Waals surface area (Å²) in [6, 6.07) is 6.24. The molecule has 2 saturated carbocycles. The van der Waals surface area contributed by atoms with Crippen molar-refractivity contribution in [1.29, 1.82) is 0 Å². The van der Waals surface area contributed by atoms with Gasteiger partial charge >= 0.3 is 0 Å². The standard InChI is InChI=1S/C23H38N2/c1-3-4-11-19-16-18(2)22(24-20-12-7-5-8-13-20)17-23(19)25-21-14-9-6-10-15-21/h16-17,20-21,24-25H,3-15H2,1-2H3. The lowest BCUT2D eigenvalue weighted by atomic mass is 9.93. The van der Waals surface area contributed by atoms with E-state index >= 15 is 0 Å². The molecule has 2 fully saturated rings. The highest BCUT2D eigenvalue weighted by atomic mass is 14.9. The predicted octanol–water partition coefficient (Wildman–Crippen LogP) is 6.83. The Morgan fingerprint density at radius 3 is 1.92 bits per heavy atom. The fourth-order valence-electron chi connectivity index (χ4n) is 4.57. The number of nitrogens with one attached hydrogen (secondary N) is 2. The van der Waals surface area contributed by atoms with Crippen LogP contribution in [0.4, 0.5) is 11.4 Å². The highest BCUT2D eigenvalue weighted by Gasteiger charge is 2.18. The molecule has 2 N–H and O–H groups in total. The first-order valence-electron chi connectivity index (χ1n) is 10.9. The second kappa shape index (κ2) is 9.50. The van der Waals surface area contributed by atoms with E-state index in [1.807, 2.05) is 0 Å². The van der Waals surface area contributed by atoms with Crippen LogP contribution in [-0.2, 0) is 6.42 Å². The van der Waals surface area contributed by atoms with Crippen molar-refractivity contribution in [2.24, 2.45) is 0 Å². The summed E-state index contributed by atoms with van der Waals surface area (Å²) in [6.45, 7) is 4.57. The van der Waals surface area contributed by atoms with Crippen molar-refractivity contribution in [2.45, 2.75) is 109 Å². The fourth-order valence-corrected chi connectivity index (χ4v) is 4.57. The average Bonchev–Trinajstić information content (AvgIpc) is 2.65. The van der Waals surface area contributed by atoms with Crippen molar-refractivity contribution in [2.75, 3.05) is 10.6 Å². The lowest BCUT2D eigenvalue weighted by molar-refractivity contribution is 0.461. The Bertz CT molecular complexity index is 525. The van der Waals surface area contributed by atoms with Crippen molar-refractivity contribution < 1.29 is 0 Å². The maximum absolute atomic E-state index is 3.92. The van der Waals surface area contributed by atoms with Crippen molar-refractivity contribution in [3.8, 4) is 0 Å². The van der Waals surface area contributed by atoms with E-state index in [9.17, 15) is 0 Å². The fraction of sp³-hybridized carbons (Fsp3) is 0.739. The Balaban J connectivity index is 1.76. The van der Waals surface area contributed by atoms with Crippen LogP contribution >= 0.6 is 0 Å². The van der Waals surface area contributed by atoms with Crippen LogP contribution < -0.4 is 10.6 Å². The number of benzene rings is 1. The second-order valence-electron chi connectivity index (χ2n) is 8.39. The Hall–Kier alpha value is -1.18. The molecule has 0 radical (unpaired) electrons. The summed E-state index contributed by atoms with van der Waals surface area (Å²) < 4.78 is 0. The minimum atomic E-state index is 0.677. The van der Waals surface area contributed by atoms with E-state index in [4.69, 9.17) is 0 Å². The minimum absolute atomic E-state index is 0.677. The van der Waals surface area contributed by atoms with E-state index in [-0.39, 0.29) is 0 Å². The van der Waals surface area contributed by atoms with Gasteiger partial charge in [-0.25, -0.2) is 0 Å². The van der Waals surface area contributed by atoms with Gasteiger partial charge in [0, 0.05) is 23.5 Å². The number of hydrogen-bond acceptors (Lipinski definition) is 2. The van der Waals surface area contributed by atoms with E-state index < -0.39 is 0 Å². The summed E-state index contributed by atoms with van der Waals surface area (Å²) in [4.78, 5) is 0. The molecule has 2 aliphatic rings. The predicted molar refractivity (Wildman–Crippen MR) is 111 cm³/mol. The van der Waals surface area contributed by atoms with Gasteiger partial charge in [0.15, 0.2) is 0 Å². The molecule has 1 aromatic rings. The molecule has 0 spiro atoms. The van der Waals surface area contributed by atoms with E-state index in [0.717, 1.165) is 0 Å². The molecule has 0 aliphatic heterocycles. The first kappa shape index (κ1) is 18.6. The second-order valence-corrected chi connectivity index (χ2v) is 8.39. The monoisotopic (exact) mass is 342 g/mol. The zero-order chi connectivity index (χ0) is 17.5. The molecule has 3 rings (SSSR count). The average molecular weight is 343 g/mol. The van der Waals surface area contributed by atoms with Crippen molar-refractivity contribution >= 4 is 11.4 Å². The van der Waals surface area contributed by atoms with Gasteiger partial charge in [0.25, 0.3) is 0 Å². The molecule has 2 heteroatoms.